The Kier molecular flexibility index (Phi) is 10.1. The number of nitrogens with zero attached hydrogens (tertiary/aromatic N) is 3. The lowest BCUT2D eigenvalue weighted by Crippen LogP contribution is -2.46. The van der Waals surface area contributed by atoms with Crippen LogP contribution in [0.2, 0.25) is 0 Å². The number of piperazine rings is 1. The summed E-state index contributed by atoms with van der Waals surface area (Å²) >= 11 is 0. The summed E-state index contributed by atoms with van der Waals surface area (Å²) in [6.45, 7) is 11.4. The summed E-state index contributed by atoms with van der Waals surface area (Å²) in [5.41, 5.74) is 6.89. The fourth-order valence-corrected chi connectivity index (χ4v) is 3.40. The van der Waals surface area contributed by atoms with E-state index in [1.54, 1.807) is 0 Å². The minimum absolute atomic E-state index is 0. The molecule has 158 valence electrons. The van der Waals surface area contributed by atoms with E-state index in [0.29, 0.717) is 19.2 Å². The van der Waals surface area contributed by atoms with Gasteiger partial charge in [0, 0.05) is 50.9 Å². The minimum atomic E-state index is 0. The van der Waals surface area contributed by atoms with E-state index in [4.69, 9.17) is 15.2 Å². The predicted molar refractivity (Wildman–Crippen MR) is 125 cm³/mol. The molecule has 7 nitrogen and oxygen atoms in total. The number of ether oxygens (including phenoxy) is 2. The molecule has 1 fully saturated rings. The smallest absolute Gasteiger partial charge is 0.193 e. The average molecular weight is 503 g/mol. The van der Waals surface area contributed by atoms with Gasteiger partial charge >= 0.3 is 0 Å². The molecule has 0 bridgehead atoms. The van der Waals surface area contributed by atoms with E-state index in [1.165, 1.54) is 26.2 Å². The Morgan fingerprint density at radius 1 is 1.07 bits per heavy atom. The minimum Gasteiger partial charge on any atom is -0.490 e. The molecule has 2 aliphatic heterocycles. The molecule has 0 spiro atoms. The highest BCUT2D eigenvalue weighted by molar-refractivity contribution is 14.0. The van der Waals surface area contributed by atoms with E-state index < -0.39 is 0 Å². The van der Waals surface area contributed by atoms with E-state index in [2.05, 4.69) is 27.0 Å². The van der Waals surface area contributed by atoms with Gasteiger partial charge in [-0.2, -0.15) is 0 Å². The molecule has 1 aromatic rings. The second-order valence-electron chi connectivity index (χ2n) is 7.09. The van der Waals surface area contributed by atoms with Crippen molar-refractivity contribution in [1.29, 1.82) is 0 Å². The monoisotopic (exact) mass is 503 g/mol. The number of likely N-dealkylation sites (N-methyl/N-ethyl adjacent to an activating group) is 1. The number of guanidine groups is 1. The quantitative estimate of drug-likeness (QED) is 0.258. The highest BCUT2D eigenvalue weighted by atomic mass is 127. The van der Waals surface area contributed by atoms with Gasteiger partial charge in [-0.05, 0) is 38.1 Å². The molecule has 0 saturated carbocycles. The SMILES string of the molecule is CCN1CCN(CCCCN=C(N)Nc2ccc3c(c2)OCCCO3)CC1.I. The van der Waals surface area contributed by atoms with Crippen molar-refractivity contribution in [3.63, 3.8) is 0 Å². The van der Waals surface area contributed by atoms with Crippen molar-refractivity contribution in [2.45, 2.75) is 26.2 Å². The summed E-state index contributed by atoms with van der Waals surface area (Å²) in [5.74, 6) is 1.99. The first-order chi connectivity index (χ1) is 13.2. The number of rotatable bonds is 7. The Morgan fingerprint density at radius 2 is 1.79 bits per heavy atom. The van der Waals surface area contributed by atoms with Gasteiger partial charge in [0.2, 0.25) is 0 Å². The second kappa shape index (κ2) is 12.3. The maximum atomic E-state index is 6.02. The molecule has 1 aromatic carbocycles. The van der Waals surface area contributed by atoms with Crippen LogP contribution in [0.5, 0.6) is 11.5 Å². The fourth-order valence-electron chi connectivity index (χ4n) is 3.40. The molecule has 0 aliphatic carbocycles. The van der Waals surface area contributed by atoms with Crippen LogP contribution in [-0.4, -0.2) is 74.8 Å². The number of aliphatic imine (C=N–C) groups is 1. The molecule has 0 aromatic heterocycles. The van der Waals surface area contributed by atoms with Gasteiger partial charge < -0.3 is 30.3 Å². The van der Waals surface area contributed by atoms with Crippen LogP contribution in [0.1, 0.15) is 26.2 Å². The number of nitrogens with two attached hydrogens (primary N) is 1. The van der Waals surface area contributed by atoms with Crippen molar-refractivity contribution < 1.29 is 9.47 Å². The number of benzene rings is 1. The number of anilines is 1. The first-order valence-electron chi connectivity index (χ1n) is 10.2. The maximum absolute atomic E-state index is 6.02. The zero-order valence-corrected chi connectivity index (χ0v) is 19.2. The van der Waals surface area contributed by atoms with Gasteiger partial charge in [0.25, 0.3) is 0 Å². The zero-order valence-electron chi connectivity index (χ0n) is 16.9. The normalized spacial score (nSPS) is 18.2. The van der Waals surface area contributed by atoms with Crippen LogP contribution in [0, 0.1) is 0 Å². The van der Waals surface area contributed by atoms with Crippen molar-refractivity contribution in [2.24, 2.45) is 10.7 Å². The van der Waals surface area contributed by atoms with Crippen LogP contribution >= 0.6 is 24.0 Å². The van der Waals surface area contributed by atoms with Crippen LogP contribution in [0.25, 0.3) is 0 Å². The molecule has 28 heavy (non-hydrogen) atoms. The first-order valence-corrected chi connectivity index (χ1v) is 10.2. The molecule has 8 heteroatoms. The standard InChI is InChI=1S/C20H33N5O2.HI/c1-2-24-10-12-25(13-11-24)9-4-3-8-22-20(21)23-17-6-7-18-19(16-17)27-15-5-14-26-18;/h6-7,16H,2-5,8-15H2,1H3,(H3,21,22,23);1H. The van der Waals surface area contributed by atoms with Crippen molar-refractivity contribution in [2.75, 3.05) is 64.3 Å². The first kappa shape index (κ1) is 23.0. The van der Waals surface area contributed by atoms with Crippen molar-refractivity contribution in [1.82, 2.24) is 9.80 Å². The molecule has 0 unspecified atom stereocenters. The van der Waals surface area contributed by atoms with Gasteiger partial charge in [-0.1, -0.05) is 6.92 Å². The third kappa shape index (κ3) is 7.29. The lowest BCUT2D eigenvalue weighted by Gasteiger charge is -2.33. The van der Waals surface area contributed by atoms with Crippen molar-refractivity contribution in [3.05, 3.63) is 18.2 Å². The third-order valence-corrected chi connectivity index (χ3v) is 5.10. The molecule has 1 saturated heterocycles. The summed E-state index contributed by atoms with van der Waals surface area (Å²) in [4.78, 5) is 9.50. The average Bonchev–Trinajstić information content (AvgIpc) is 2.93. The molecular weight excluding hydrogens is 469 g/mol. The Balaban J connectivity index is 0.00000280. The van der Waals surface area contributed by atoms with Crippen molar-refractivity contribution in [3.8, 4) is 11.5 Å². The lowest BCUT2D eigenvalue weighted by atomic mass is 10.2. The number of halogens is 1. The van der Waals surface area contributed by atoms with Crippen LogP contribution in [0.15, 0.2) is 23.2 Å². The molecule has 3 N–H and O–H groups in total. The van der Waals surface area contributed by atoms with E-state index in [-0.39, 0.29) is 24.0 Å². The number of hydrogen-bond donors (Lipinski definition) is 2. The molecule has 2 heterocycles. The zero-order chi connectivity index (χ0) is 18.9. The largest absolute Gasteiger partial charge is 0.490 e. The van der Waals surface area contributed by atoms with Gasteiger partial charge in [-0.25, -0.2) is 0 Å². The number of hydrogen-bond acceptors (Lipinski definition) is 5. The maximum Gasteiger partial charge on any atom is 0.193 e. The van der Waals surface area contributed by atoms with Gasteiger partial charge in [0.15, 0.2) is 17.5 Å². The number of fused-ring (bicyclic) bond motifs is 1. The van der Waals surface area contributed by atoms with Crippen LogP contribution in [0.4, 0.5) is 5.69 Å². The molecular formula is C20H34IN5O2. The molecule has 0 radical (unpaired) electrons. The van der Waals surface area contributed by atoms with E-state index in [1.807, 2.05) is 18.2 Å². The Labute approximate surface area is 185 Å². The fraction of sp³-hybridized carbons (Fsp3) is 0.650. The van der Waals surface area contributed by atoms with Crippen LogP contribution in [0.3, 0.4) is 0 Å². The summed E-state index contributed by atoms with van der Waals surface area (Å²) in [5, 5.41) is 3.14. The third-order valence-electron chi connectivity index (χ3n) is 5.10. The summed E-state index contributed by atoms with van der Waals surface area (Å²) in [6, 6.07) is 5.76. The summed E-state index contributed by atoms with van der Waals surface area (Å²) < 4.78 is 11.3. The Morgan fingerprint density at radius 3 is 2.54 bits per heavy atom. The van der Waals surface area contributed by atoms with Crippen LogP contribution < -0.4 is 20.5 Å². The van der Waals surface area contributed by atoms with E-state index >= 15 is 0 Å². The molecule has 0 amide bonds. The Bertz CT molecular complexity index is 621. The van der Waals surface area contributed by atoms with Gasteiger partial charge in [0.05, 0.1) is 13.2 Å². The number of unbranched alkanes of at least 4 members (excludes halogenated alkanes) is 1. The highest BCUT2D eigenvalue weighted by Gasteiger charge is 2.14. The summed E-state index contributed by atoms with van der Waals surface area (Å²) in [7, 11) is 0. The van der Waals surface area contributed by atoms with Crippen molar-refractivity contribution >= 4 is 35.6 Å². The van der Waals surface area contributed by atoms with Gasteiger partial charge in [0.1, 0.15) is 0 Å². The lowest BCUT2D eigenvalue weighted by molar-refractivity contribution is 0.136. The molecule has 2 aliphatic rings. The molecule has 3 rings (SSSR count). The second-order valence-corrected chi connectivity index (χ2v) is 7.09. The number of nitrogens with one attached hydrogen (secondary N) is 1. The molecule has 0 atom stereocenters. The van der Waals surface area contributed by atoms with Gasteiger partial charge in [-0.15, -0.1) is 24.0 Å². The van der Waals surface area contributed by atoms with E-state index in [9.17, 15) is 0 Å². The van der Waals surface area contributed by atoms with Crippen LogP contribution in [-0.2, 0) is 0 Å². The van der Waals surface area contributed by atoms with E-state index in [0.717, 1.165) is 56.1 Å². The highest BCUT2D eigenvalue weighted by Crippen LogP contribution is 2.32. The van der Waals surface area contributed by atoms with Gasteiger partial charge in [-0.3, -0.25) is 4.99 Å². The topological polar surface area (TPSA) is 75.4 Å². The predicted octanol–water partition coefficient (Wildman–Crippen LogP) is 2.61. The summed E-state index contributed by atoms with van der Waals surface area (Å²) in [6.07, 6.45) is 3.11. The Hall–Kier alpha value is -1.26.